The van der Waals surface area contributed by atoms with E-state index in [1.54, 1.807) is 19.1 Å². The lowest BCUT2D eigenvalue weighted by Gasteiger charge is -2.21. The minimum Gasteiger partial charge on any atom is -0.353 e. The van der Waals surface area contributed by atoms with Crippen molar-refractivity contribution in [3.8, 4) is 0 Å². The van der Waals surface area contributed by atoms with Gasteiger partial charge in [-0.3, -0.25) is 4.79 Å². The van der Waals surface area contributed by atoms with Gasteiger partial charge in [-0.1, -0.05) is 22.9 Å². The molecule has 0 fully saturated rings. The standard InChI is InChI=1S/C14H21BrN2O3S/c1-5-17(9-14(18)16-10(2)3)21(19,20)12-6-7-13(15)11(4)8-12/h6-8,10H,5,9H2,1-4H3,(H,16,18). The zero-order chi connectivity index (χ0) is 16.2. The SMILES string of the molecule is CCN(CC(=O)NC(C)C)S(=O)(=O)c1ccc(Br)c(C)c1. The van der Waals surface area contributed by atoms with Crippen molar-refractivity contribution in [1.29, 1.82) is 0 Å². The van der Waals surface area contributed by atoms with Crippen LogP contribution in [0.4, 0.5) is 0 Å². The van der Waals surface area contributed by atoms with Crippen LogP contribution in [0, 0.1) is 6.92 Å². The predicted octanol–water partition coefficient (Wildman–Crippen LogP) is 2.29. The molecule has 1 rings (SSSR count). The van der Waals surface area contributed by atoms with Gasteiger partial charge in [0.25, 0.3) is 0 Å². The van der Waals surface area contributed by atoms with E-state index in [0.29, 0.717) is 0 Å². The Bertz CT molecular complexity index is 615. The molecule has 0 radical (unpaired) electrons. The average Bonchev–Trinajstić information content (AvgIpc) is 2.37. The van der Waals surface area contributed by atoms with Crippen LogP contribution in [0.3, 0.4) is 0 Å². The summed E-state index contributed by atoms with van der Waals surface area (Å²) in [7, 11) is -3.67. The summed E-state index contributed by atoms with van der Waals surface area (Å²) >= 11 is 3.35. The Labute approximate surface area is 134 Å². The molecular formula is C14H21BrN2O3S. The third-order valence-electron chi connectivity index (χ3n) is 2.89. The molecule has 1 aromatic carbocycles. The van der Waals surface area contributed by atoms with E-state index in [9.17, 15) is 13.2 Å². The number of carbonyl (C=O) groups excluding carboxylic acids is 1. The fraction of sp³-hybridized carbons (Fsp3) is 0.500. The summed E-state index contributed by atoms with van der Waals surface area (Å²) in [6.07, 6.45) is 0. The maximum absolute atomic E-state index is 12.6. The molecule has 0 aliphatic heterocycles. The Morgan fingerprint density at radius 1 is 1.38 bits per heavy atom. The molecule has 0 atom stereocenters. The van der Waals surface area contributed by atoms with E-state index in [2.05, 4.69) is 21.2 Å². The predicted molar refractivity (Wildman–Crippen MR) is 86.6 cm³/mol. The van der Waals surface area contributed by atoms with Crippen LogP contribution in [0.2, 0.25) is 0 Å². The van der Waals surface area contributed by atoms with E-state index in [-0.39, 0.29) is 29.9 Å². The molecule has 0 heterocycles. The lowest BCUT2D eigenvalue weighted by Crippen LogP contribution is -2.42. The number of rotatable bonds is 6. The van der Waals surface area contributed by atoms with Crippen molar-refractivity contribution < 1.29 is 13.2 Å². The molecule has 0 aliphatic carbocycles. The second-order valence-electron chi connectivity index (χ2n) is 5.06. The van der Waals surface area contributed by atoms with E-state index in [1.165, 1.54) is 10.4 Å². The van der Waals surface area contributed by atoms with Crippen LogP contribution < -0.4 is 5.32 Å². The number of halogens is 1. The van der Waals surface area contributed by atoms with Crippen molar-refractivity contribution >= 4 is 31.9 Å². The van der Waals surface area contributed by atoms with Gasteiger partial charge in [0, 0.05) is 17.1 Å². The highest BCUT2D eigenvalue weighted by Gasteiger charge is 2.25. The van der Waals surface area contributed by atoms with Crippen molar-refractivity contribution in [1.82, 2.24) is 9.62 Å². The number of likely N-dealkylation sites (N-methyl/N-ethyl adjacent to an activating group) is 1. The molecule has 5 nitrogen and oxygen atoms in total. The molecule has 1 amide bonds. The van der Waals surface area contributed by atoms with E-state index in [1.807, 2.05) is 20.8 Å². The summed E-state index contributed by atoms with van der Waals surface area (Å²) < 4.78 is 27.2. The van der Waals surface area contributed by atoms with Crippen LogP contribution in [-0.2, 0) is 14.8 Å². The topological polar surface area (TPSA) is 66.5 Å². The van der Waals surface area contributed by atoms with Crippen LogP contribution in [0.5, 0.6) is 0 Å². The summed E-state index contributed by atoms with van der Waals surface area (Å²) in [5, 5.41) is 2.70. The first-order valence-corrected chi connectivity index (χ1v) is 8.97. The molecule has 0 bridgehead atoms. The Hall–Kier alpha value is -0.920. The second kappa shape index (κ2) is 7.38. The minimum absolute atomic E-state index is 0.0196. The first-order valence-electron chi connectivity index (χ1n) is 6.74. The molecule has 7 heteroatoms. The number of hydrogen-bond donors (Lipinski definition) is 1. The highest BCUT2D eigenvalue weighted by Crippen LogP contribution is 2.22. The number of aryl methyl sites for hydroxylation is 1. The fourth-order valence-electron chi connectivity index (χ4n) is 1.82. The van der Waals surface area contributed by atoms with E-state index >= 15 is 0 Å². The third-order valence-corrected chi connectivity index (χ3v) is 5.70. The Morgan fingerprint density at radius 3 is 2.48 bits per heavy atom. The van der Waals surface area contributed by atoms with Crippen molar-refractivity contribution in [2.24, 2.45) is 0 Å². The van der Waals surface area contributed by atoms with E-state index in [0.717, 1.165) is 10.0 Å². The Kier molecular flexibility index (Phi) is 6.37. The summed E-state index contributed by atoms with van der Waals surface area (Å²) in [6, 6.07) is 4.82. The number of carbonyl (C=O) groups is 1. The highest BCUT2D eigenvalue weighted by atomic mass is 79.9. The third kappa shape index (κ3) is 4.79. The lowest BCUT2D eigenvalue weighted by atomic mass is 10.2. The second-order valence-corrected chi connectivity index (χ2v) is 7.86. The van der Waals surface area contributed by atoms with Crippen molar-refractivity contribution in [2.45, 2.75) is 38.6 Å². The van der Waals surface area contributed by atoms with Gasteiger partial charge in [-0.25, -0.2) is 8.42 Å². The van der Waals surface area contributed by atoms with Crippen LogP contribution in [0.15, 0.2) is 27.6 Å². The van der Waals surface area contributed by atoms with Gasteiger partial charge >= 0.3 is 0 Å². The summed E-state index contributed by atoms with van der Waals surface area (Å²) in [6.45, 7) is 7.27. The number of benzene rings is 1. The zero-order valence-electron chi connectivity index (χ0n) is 12.7. The number of nitrogens with one attached hydrogen (secondary N) is 1. The molecule has 0 aliphatic rings. The van der Waals surface area contributed by atoms with Gasteiger partial charge in [0.2, 0.25) is 15.9 Å². The monoisotopic (exact) mass is 376 g/mol. The summed E-state index contributed by atoms with van der Waals surface area (Å²) in [4.78, 5) is 12.0. The van der Waals surface area contributed by atoms with Gasteiger partial charge in [-0.05, 0) is 44.5 Å². The smallest absolute Gasteiger partial charge is 0.243 e. The zero-order valence-corrected chi connectivity index (χ0v) is 15.1. The van der Waals surface area contributed by atoms with Gasteiger partial charge in [-0.2, -0.15) is 4.31 Å². The molecule has 0 aromatic heterocycles. The normalized spacial score (nSPS) is 12.0. The molecule has 1 N–H and O–H groups in total. The molecule has 118 valence electrons. The van der Waals surface area contributed by atoms with Crippen LogP contribution >= 0.6 is 15.9 Å². The van der Waals surface area contributed by atoms with Crippen molar-refractivity contribution in [3.05, 3.63) is 28.2 Å². The molecule has 0 spiro atoms. The van der Waals surface area contributed by atoms with Crippen LogP contribution in [-0.4, -0.2) is 37.8 Å². The molecule has 21 heavy (non-hydrogen) atoms. The highest BCUT2D eigenvalue weighted by molar-refractivity contribution is 9.10. The van der Waals surface area contributed by atoms with Gasteiger partial charge in [0.1, 0.15) is 0 Å². The van der Waals surface area contributed by atoms with Crippen LogP contribution in [0.1, 0.15) is 26.3 Å². The van der Waals surface area contributed by atoms with E-state index in [4.69, 9.17) is 0 Å². The molecule has 0 unspecified atom stereocenters. The van der Waals surface area contributed by atoms with E-state index < -0.39 is 10.0 Å². The van der Waals surface area contributed by atoms with Gasteiger partial charge < -0.3 is 5.32 Å². The number of hydrogen-bond acceptors (Lipinski definition) is 3. The number of amides is 1. The maximum Gasteiger partial charge on any atom is 0.243 e. The van der Waals surface area contributed by atoms with Crippen molar-refractivity contribution in [3.63, 3.8) is 0 Å². The summed E-state index contributed by atoms with van der Waals surface area (Å²) in [5.41, 5.74) is 0.832. The van der Waals surface area contributed by atoms with Gasteiger partial charge in [0.05, 0.1) is 11.4 Å². The van der Waals surface area contributed by atoms with Crippen LogP contribution in [0.25, 0.3) is 0 Å². The minimum atomic E-state index is -3.67. The Balaban J connectivity index is 3.02. The molecule has 0 saturated heterocycles. The average molecular weight is 377 g/mol. The fourth-order valence-corrected chi connectivity index (χ4v) is 3.56. The molecule has 1 aromatic rings. The van der Waals surface area contributed by atoms with Gasteiger partial charge in [-0.15, -0.1) is 0 Å². The first kappa shape index (κ1) is 18.1. The number of sulfonamides is 1. The first-order chi connectivity index (χ1) is 9.68. The van der Waals surface area contributed by atoms with Crippen molar-refractivity contribution in [2.75, 3.05) is 13.1 Å². The largest absolute Gasteiger partial charge is 0.353 e. The lowest BCUT2D eigenvalue weighted by molar-refractivity contribution is -0.121. The van der Waals surface area contributed by atoms with Gasteiger partial charge in [0.15, 0.2) is 0 Å². The summed E-state index contributed by atoms with van der Waals surface area (Å²) in [5.74, 6) is -0.302. The number of nitrogens with zero attached hydrogens (tertiary/aromatic N) is 1. The maximum atomic E-state index is 12.6. The Morgan fingerprint density at radius 2 is 2.00 bits per heavy atom. The molecular weight excluding hydrogens is 356 g/mol. The quantitative estimate of drug-likeness (QED) is 0.827. The molecule has 0 saturated carbocycles.